The lowest BCUT2D eigenvalue weighted by Crippen LogP contribution is -2.34. The fraction of sp³-hybridized carbons (Fsp3) is 0. The third kappa shape index (κ3) is 4.28. The number of fused-ring (bicyclic) bond motifs is 1. The Hall–Kier alpha value is -3.23. The molecule has 3 aromatic carbocycles. The molecule has 1 heterocycles. The van der Waals surface area contributed by atoms with E-state index in [0.717, 1.165) is 4.47 Å². The van der Waals surface area contributed by atoms with Crippen LogP contribution >= 0.6 is 28.1 Å². The highest BCUT2D eigenvalue weighted by molar-refractivity contribution is 9.10. The van der Waals surface area contributed by atoms with Crippen molar-refractivity contribution < 1.29 is 14.3 Å². The molecule has 6 nitrogen and oxygen atoms in total. The minimum absolute atomic E-state index is 0.0245. The molecule has 0 unspecified atom stereocenters. The molecule has 0 aliphatic rings. The van der Waals surface area contributed by atoms with Crippen LogP contribution in [0.4, 0.5) is 5.69 Å². The zero-order valence-corrected chi connectivity index (χ0v) is 17.3. The summed E-state index contributed by atoms with van der Waals surface area (Å²) in [6, 6.07) is 19.1. The molecule has 3 N–H and O–H groups in total. The molecule has 0 bridgehead atoms. The highest BCUT2D eigenvalue weighted by Crippen LogP contribution is 2.33. The van der Waals surface area contributed by atoms with Gasteiger partial charge in [0.15, 0.2) is 10.7 Å². The molecule has 0 atom stereocenters. The van der Waals surface area contributed by atoms with Crippen LogP contribution in [0.15, 0.2) is 75.6 Å². The van der Waals surface area contributed by atoms with Crippen molar-refractivity contribution in [3.05, 3.63) is 76.8 Å². The van der Waals surface area contributed by atoms with Crippen LogP contribution in [0, 0.1) is 0 Å². The van der Waals surface area contributed by atoms with Gasteiger partial charge in [-0.1, -0.05) is 28.1 Å². The first-order valence-electron chi connectivity index (χ1n) is 8.56. The van der Waals surface area contributed by atoms with E-state index in [1.807, 2.05) is 24.3 Å². The molecule has 0 saturated heterocycles. The summed E-state index contributed by atoms with van der Waals surface area (Å²) in [6.07, 6.45) is 0. The fourth-order valence-electron chi connectivity index (χ4n) is 2.72. The molecule has 1 amide bonds. The molecule has 0 aliphatic heterocycles. The number of anilines is 1. The van der Waals surface area contributed by atoms with Gasteiger partial charge in [-0.05, 0) is 60.7 Å². The summed E-state index contributed by atoms with van der Waals surface area (Å²) >= 11 is 8.51. The Bertz CT molecular complexity index is 1190. The minimum atomic E-state index is -0.331. The fourth-order valence-corrected chi connectivity index (χ4v) is 3.19. The summed E-state index contributed by atoms with van der Waals surface area (Å²) in [5.41, 5.74) is 2.80. The number of amides is 1. The number of para-hydroxylation sites is 2. The van der Waals surface area contributed by atoms with Crippen molar-refractivity contribution in [3.63, 3.8) is 0 Å². The summed E-state index contributed by atoms with van der Waals surface area (Å²) in [5.74, 6) is -0.0349. The number of oxazole rings is 1. The third-order valence-corrected chi connectivity index (χ3v) is 4.85. The Kier molecular flexibility index (Phi) is 5.28. The minimum Gasteiger partial charge on any atom is -0.507 e. The summed E-state index contributed by atoms with van der Waals surface area (Å²) in [6.45, 7) is 0. The van der Waals surface area contributed by atoms with E-state index >= 15 is 0 Å². The summed E-state index contributed by atoms with van der Waals surface area (Å²) in [7, 11) is 0. The number of phenols is 1. The number of hydrogen-bond donors (Lipinski definition) is 3. The van der Waals surface area contributed by atoms with Crippen molar-refractivity contribution in [2.24, 2.45) is 0 Å². The van der Waals surface area contributed by atoms with Crippen molar-refractivity contribution in [1.29, 1.82) is 0 Å². The first-order valence-corrected chi connectivity index (χ1v) is 9.76. The van der Waals surface area contributed by atoms with E-state index in [4.69, 9.17) is 16.6 Å². The molecule has 0 spiro atoms. The van der Waals surface area contributed by atoms with Gasteiger partial charge in [-0.25, -0.2) is 4.98 Å². The average molecular weight is 468 g/mol. The average Bonchev–Trinajstić information content (AvgIpc) is 3.12. The number of phenolic OH excluding ortho intramolecular Hbond substituents is 1. The van der Waals surface area contributed by atoms with E-state index in [9.17, 15) is 9.90 Å². The van der Waals surface area contributed by atoms with E-state index in [2.05, 4.69) is 31.5 Å². The third-order valence-electron chi connectivity index (χ3n) is 4.11. The molecule has 144 valence electrons. The number of aromatic nitrogens is 1. The smallest absolute Gasteiger partial charge is 0.257 e. The van der Waals surface area contributed by atoms with Crippen LogP contribution in [0.2, 0.25) is 0 Å². The number of carbonyl (C=O) groups is 1. The number of rotatable bonds is 3. The van der Waals surface area contributed by atoms with Crippen molar-refractivity contribution >= 4 is 56.0 Å². The van der Waals surface area contributed by atoms with Gasteiger partial charge in [0.1, 0.15) is 11.3 Å². The zero-order valence-electron chi connectivity index (χ0n) is 14.8. The molecule has 4 rings (SSSR count). The number of aromatic hydroxyl groups is 1. The van der Waals surface area contributed by atoms with Gasteiger partial charge in [-0.3, -0.25) is 10.1 Å². The van der Waals surface area contributed by atoms with E-state index in [0.29, 0.717) is 33.8 Å². The Labute approximate surface area is 179 Å². The molecule has 0 saturated carbocycles. The van der Waals surface area contributed by atoms with Gasteiger partial charge < -0.3 is 14.8 Å². The van der Waals surface area contributed by atoms with E-state index in [1.165, 1.54) is 6.07 Å². The van der Waals surface area contributed by atoms with Crippen molar-refractivity contribution in [2.75, 3.05) is 5.32 Å². The Balaban J connectivity index is 1.47. The zero-order chi connectivity index (χ0) is 20.4. The topological polar surface area (TPSA) is 87.4 Å². The van der Waals surface area contributed by atoms with Gasteiger partial charge in [0, 0.05) is 21.8 Å². The van der Waals surface area contributed by atoms with E-state index < -0.39 is 0 Å². The Morgan fingerprint density at radius 1 is 1.07 bits per heavy atom. The largest absolute Gasteiger partial charge is 0.507 e. The number of benzene rings is 3. The highest BCUT2D eigenvalue weighted by Gasteiger charge is 2.13. The van der Waals surface area contributed by atoms with Crippen LogP contribution in [0.1, 0.15) is 10.4 Å². The predicted molar refractivity (Wildman–Crippen MR) is 119 cm³/mol. The van der Waals surface area contributed by atoms with Crippen LogP contribution in [0.5, 0.6) is 5.75 Å². The lowest BCUT2D eigenvalue weighted by molar-refractivity contribution is 0.0977. The second kappa shape index (κ2) is 8.02. The summed E-state index contributed by atoms with van der Waals surface area (Å²) in [4.78, 5) is 16.6. The van der Waals surface area contributed by atoms with Crippen molar-refractivity contribution in [1.82, 2.24) is 10.3 Å². The monoisotopic (exact) mass is 467 g/mol. The van der Waals surface area contributed by atoms with Crippen LogP contribution in [0.25, 0.3) is 22.6 Å². The molecular weight excluding hydrogens is 454 g/mol. The maximum Gasteiger partial charge on any atom is 0.257 e. The van der Waals surface area contributed by atoms with Crippen molar-refractivity contribution in [2.45, 2.75) is 0 Å². The maximum atomic E-state index is 12.2. The lowest BCUT2D eigenvalue weighted by atomic mass is 10.2. The first-order chi connectivity index (χ1) is 14.0. The summed E-state index contributed by atoms with van der Waals surface area (Å²) < 4.78 is 6.57. The number of carbonyl (C=O) groups excluding carboxylic acids is 1. The molecule has 29 heavy (non-hydrogen) atoms. The Morgan fingerprint density at radius 2 is 1.83 bits per heavy atom. The normalized spacial score (nSPS) is 10.7. The van der Waals surface area contributed by atoms with Gasteiger partial charge in [0.25, 0.3) is 5.91 Å². The van der Waals surface area contributed by atoms with Gasteiger partial charge >= 0.3 is 0 Å². The number of nitrogens with one attached hydrogen (secondary N) is 2. The number of thiocarbonyl (C=S) groups is 1. The molecule has 0 radical (unpaired) electrons. The van der Waals surface area contributed by atoms with Gasteiger partial charge in [-0.2, -0.15) is 0 Å². The predicted octanol–water partition coefficient (Wildman–Crippen LogP) is 5.09. The lowest BCUT2D eigenvalue weighted by Gasteiger charge is -2.11. The molecule has 8 heteroatoms. The summed E-state index contributed by atoms with van der Waals surface area (Å²) in [5, 5.41) is 16.0. The standard InChI is InChI=1S/C21H14BrN3O3S/c22-13-7-5-12(6-8-13)19(27)25-21(29)23-14-9-10-15(17(26)11-14)20-24-16-3-1-2-4-18(16)28-20/h1-11,26H,(H2,23,25,27,29). The van der Waals surface area contributed by atoms with Gasteiger partial charge in [-0.15, -0.1) is 0 Å². The van der Waals surface area contributed by atoms with Crippen molar-refractivity contribution in [3.8, 4) is 17.2 Å². The van der Waals surface area contributed by atoms with Crippen LogP contribution in [0.3, 0.4) is 0 Å². The Morgan fingerprint density at radius 3 is 2.55 bits per heavy atom. The SMILES string of the molecule is O=C(NC(=S)Nc1ccc(-c2nc3ccccc3o2)c(O)c1)c1ccc(Br)cc1. The van der Waals surface area contributed by atoms with Gasteiger partial charge in [0.05, 0.1) is 5.56 Å². The van der Waals surface area contributed by atoms with Crippen LogP contribution < -0.4 is 10.6 Å². The molecule has 0 aliphatic carbocycles. The molecule has 0 fully saturated rings. The molecular formula is C21H14BrN3O3S. The van der Waals surface area contributed by atoms with Crippen LogP contribution in [-0.4, -0.2) is 21.1 Å². The number of nitrogens with zero attached hydrogens (tertiary/aromatic N) is 1. The quantitative estimate of drug-likeness (QED) is 0.363. The van der Waals surface area contributed by atoms with Gasteiger partial charge in [0.2, 0.25) is 5.89 Å². The second-order valence-corrected chi connectivity index (χ2v) is 7.46. The molecule has 1 aromatic heterocycles. The number of halogens is 1. The number of hydrogen-bond acceptors (Lipinski definition) is 5. The van der Waals surface area contributed by atoms with Crippen LogP contribution in [-0.2, 0) is 0 Å². The molecule has 4 aromatic rings. The van der Waals surface area contributed by atoms with E-state index in [1.54, 1.807) is 36.4 Å². The first kappa shape index (κ1) is 19.1. The second-order valence-electron chi connectivity index (χ2n) is 6.13. The maximum absolute atomic E-state index is 12.2. The van der Waals surface area contributed by atoms with E-state index in [-0.39, 0.29) is 16.8 Å². The highest BCUT2D eigenvalue weighted by atomic mass is 79.9.